The van der Waals surface area contributed by atoms with Crippen LogP contribution in [0.3, 0.4) is 0 Å². The normalized spacial score (nSPS) is 13.0. The third-order valence-corrected chi connectivity index (χ3v) is 5.61. The van der Waals surface area contributed by atoms with E-state index in [0.29, 0.717) is 55.8 Å². The van der Waals surface area contributed by atoms with Crippen molar-refractivity contribution < 1.29 is 14.6 Å². The molecule has 1 aliphatic heterocycles. The molecule has 1 aliphatic rings. The van der Waals surface area contributed by atoms with E-state index in [9.17, 15) is 4.79 Å². The highest BCUT2D eigenvalue weighted by atomic mass is 35.5. The quantitative estimate of drug-likeness (QED) is 0.530. The van der Waals surface area contributed by atoms with Crippen molar-refractivity contribution in [3.05, 3.63) is 51.5 Å². The third-order valence-electron chi connectivity index (χ3n) is 4.28. The number of aliphatic hydroxyl groups is 1. The minimum atomic E-state index is -0.0571. The van der Waals surface area contributed by atoms with Gasteiger partial charge in [0.2, 0.25) is 0 Å². The van der Waals surface area contributed by atoms with Crippen molar-refractivity contribution in [2.75, 3.05) is 25.1 Å². The molecule has 0 fully saturated rings. The van der Waals surface area contributed by atoms with Crippen molar-refractivity contribution in [2.24, 2.45) is 4.99 Å². The van der Waals surface area contributed by atoms with Crippen LogP contribution in [0.2, 0.25) is 10.0 Å². The molecule has 0 atom stereocenters. The molecule has 2 N–H and O–H groups in total. The predicted octanol–water partition coefficient (Wildman–Crippen LogP) is 4.65. The summed E-state index contributed by atoms with van der Waals surface area (Å²) in [6, 6.07) is 6.61. The minimum Gasteiger partial charge on any atom is -0.486 e. The van der Waals surface area contributed by atoms with Crippen molar-refractivity contribution in [3.63, 3.8) is 0 Å². The zero-order valence-electron chi connectivity index (χ0n) is 15.6. The Bertz CT molecular complexity index is 1130. The fraction of sp³-hybridized carbons (Fsp3) is 0.200. The van der Waals surface area contributed by atoms with Gasteiger partial charge in [-0.25, -0.2) is 4.98 Å². The number of pyridine rings is 1. The number of ketones is 1. The molecule has 0 saturated carbocycles. The summed E-state index contributed by atoms with van der Waals surface area (Å²) >= 11 is 13.4. The summed E-state index contributed by atoms with van der Waals surface area (Å²) in [6.45, 7) is 0.521. The van der Waals surface area contributed by atoms with E-state index in [0.717, 1.165) is 0 Å². The number of thiazole rings is 1. The summed E-state index contributed by atoms with van der Waals surface area (Å²) < 4.78 is 5.75. The van der Waals surface area contributed by atoms with Crippen molar-refractivity contribution in [1.29, 1.82) is 0 Å². The number of halogens is 2. The summed E-state index contributed by atoms with van der Waals surface area (Å²) in [5, 5.41) is 15.4. The predicted molar refractivity (Wildman–Crippen MR) is 119 cm³/mol. The van der Waals surface area contributed by atoms with Gasteiger partial charge in [0, 0.05) is 28.7 Å². The van der Waals surface area contributed by atoms with E-state index in [1.807, 2.05) is 5.38 Å². The number of nitrogens with zero attached hydrogens (tertiary/aromatic N) is 3. The van der Waals surface area contributed by atoms with Crippen LogP contribution >= 0.6 is 34.5 Å². The Labute approximate surface area is 186 Å². The molecule has 0 amide bonds. The second kappa shape index (κ2) is 9.09. The number of anilines is 1. The Morgan fingerprint density at radius 2 is 2.13 bits per heavy atom. The van der Waals surface area contributed by atoms with Crippen molar-refractivity contribution in [3.8, 4) is 17.1 Å². The molecule has 7 nitrogen and oxygen atoms in total. The van der Waals surface area contributed by atoms with E-state index in [2.05, 4.69) is 20.3 Å². The number of aliphatic hydroxyl groups excluding tert-OH is 1. The molecule has 0 aliphatic carbocycles. The number of nitrogens with one attached hydrogen (secondary N) is 1. The zero-order valence-corrected chi connectivity index (χ0v) is 17.9. The SMILES string of the molecule is O=C1CC(COc2ccc(Cl)cc2Cl)=Nc2c1ccnc2-c1csc(NCCO)n1. The lowest BCUT2D eigenvalue weighted by molar-refractivity contribution is 0.0998. The van der Waals surface area contributed by atoms with Gasteiger partial charge in [0.05, 0.1) is 23.8 Å². The van der Waals surface area contributed by atoms with Crippen LogP contribution in [-0.4, -0.2) is 46.3 Å². The maximum atomic E-state index is 12.7. The monoisotopic (exact) mass is 462 g/mol. The number of rotatable bonds is 7. The summed E-state index contributed by atoms with van der Waals surface area (Å²) in [5.74, 6) is 0.408. The van der Waals surface area contributed by atoms with Gasteiger partial charge in [0.15, 0.2) is 10.9 Å². The Morgan fingerprint density at radius 3 is 2.93 bits per heavy atom. The number of carbonyl (C=O) groups excluding carboxylic acids is 1. The minimum absolute atomic E-state index is 0.00763. The Morgan fingerprint density at radius 1 is 1.27 bits per heavy atom. The van der Waals surface area contributed by atoms with Crippen molar-refractivity contribution in [1.82, 2.24) is 9.97 Å². The van der Waals surface area contributed by atoms with Gasteiger partial charge < -0.3 is 15.2 Å². The first-order valence-electron chi connectivity index (χ1n) is 9.02. The average molecular weight is 463 g/mol. The van der Waals surface area contributed by atoms with Crippen LogP contribution in [0.15, 0.2) is 40.8 Å². The van der Waals surface area contributed by atoms with E-state index in [1.165, 1.54) is 11.3 Å². The molecule has 0 unspecified atom stereocenters. The second-order valence-electron chi connectivity index (χ2n) is 6.39. The Kier molecular flexibility index (Phi) is 6.29. The van der Waals surface area contributed by atoms with Gasteiger partial charge in [-0.05, 0) is 24.3 Å². The van der Waals surface area contributed by atoms with Gasteiger partial charge in [-0.1, -0.05) is 23.2 Å². The van der Waals surface area contributed by atoms with Crippen LogP contribution < -0.4 is 10.1 Å². The standard InChI is InChI=1S/C20H16Cl2N4O3S/c21-11-1-2-17(14(22)7-11)29-9-12-8-16(28)13-3-4-23-19(18(13)25-12)15-10-30-20(26-15)24-5-6-27/h1-4,7,10,27H,5-6,8-9H2,(H,24,26). The highest BCUT2D eigenvalue weighted by Crippen LogP contribution is 2.36. The molecule has 3 heterocycles. The molecule has 4 rings (SSSR count). The Balaban J connectivity index is 1.61. The van der Waals surface area contributed by atoms with Gasteiger partial charge in [0.25, 0.3) is 0 Å². The first-order chi connectivity index (χ1) is 14.5. The summed E-state index contributed by atoms with van der Waals surface area (Å²) in [7, 11) is 0. The summed E-state index contributed by atoms with van der Waals surface area (Å²) in [5.41, 5.74) is 2.69. The number of ether oxygens (including phenoxy) is 1. The zero-order chi connectivity index (χ0) is 21.1. The topological polar surface area (TPSA) is 96.7 Å². The second-order valence-corrected chi connectivity index (χ2v) is 8.09. The van der Waals surface area contributed by atoms with Crippen LogP contribution in [-0.2, 0) is 0 Å². The van der Waals surface area contributed by atoms with Crippen LogP contribution in [0.5, 0.6) is 5.75 Å². The van der Waals surface area contributed by atoms with Crippen LogP contribution in [0.1, 0.15) is 16.8 Å². The molecule has 10 heteroatoms. The molecule has 3 aromatic rings. The number of Topliss-reactive ketones (excluding diaryl/α,β-unsaturated/α-hetero) is 1. The van der Waals surface area contributed by atoms with Crippen LogP contribution in [0.25, 0.3) is 11.4 Å². The number of aromatic nitrogens is 2. The van der Waals surface area contributed by atoms with Crippen molar-refractivity contribution in [2.45, 2.75) is 6.42 Å². The van der Waals surface area contributed by atoms with E-state index in [4.69, 9.17) is 33.0 Å². The lowest BCUT2D eigenvalue weighted by Gasteiger charge is -2.17. The molecule has 0 saturated heterocycles. The van der Waals surface area contributed by atoms with Gasteiger partial charge in [-0.2, -0.15) is 0 Å². The number of benzene rings is 1. The first kappa shape index (κ1) is 20.7. The summed E-state index contributed by atoms with van der Waals surface area (Å²) in [6.07, 6.45) is 1.73. The molecule has 2 aromatic heterocycles. The van der Waals surface area contributed by atoms with E-state index >= 15 is 0 Å². The number of carbonyl (C=O) groups is 1. The van der Waals surface area contributed by atoms with Crippen molar-refractivity contribution >= 4 is 56.9 Å². The fourth-order valence-corrected chi connectivity index (χ4v) is 4.11. The number of hydrogen-bond donors (Lipinski definition) is 2. The largest absolute Gasteiger partial charge is 0.486 e. The molecular weight excluding hydrogens is 447 g/mol. The van der Waals surface area contributed by atoms with Crippen LogP contribution in [0.4, 0.5) is 10.8 Å². The highest BCUT2D eigenvalue weighted by molar-refractivity contribution is 7.14. The smallest absolute Gasteiger partial charge is 0.183 e. The van der Waals surface area contributed by atoms with Gasteiger partial charge in [0.1, 0.15) is 29.4 Å². The van der Waals surface area contributed by atoms with E-state index < -0.39 is 0 Å². The number of aliphatic imine (C=N–C) groups is 1. The molecule has 0 radical (unpaired) electrons. The van der Waals surface area contributed by atoms with E-state index in [1.54, 1.807) is 30.5 Å². The molecule has 1 aromatic carbocycles. The van der Waals surface area contributed by atoms with Crippen LogP contribution in [0, 0.1) is 0 Å². The Hall–Kier alpha value is -2.52. The van der Waals surface area contributed by atoms with Gasteiger partial charge in [-0.3, -0.25) is 14.8 Å². The lowest BCUT2D eigenvalue weighted by atomic mass is 9.99. The lowest BCUT2D eigenvalue weighted by Crippen LogP contribution is -2.20. The summed E-state index contributed by atoms with van der Waals surface area (Å²) in [4.78, 5) is 26.2. The van der Waals surface area contributed by atoms with Gasteiger partial charge in [-0.15, -0.1) is 11.3 Å². The first-order valence-corrected chi connectivity index (χ1v) is 10.7. The average Bonchev–Trinajstić information content (AvgIpc) is 3.20. The fourth-order valence-electron chi connectivity index (χ4n) is 2.92. The molecular formula is C20H16Cl2N4O3S. The third kappa shape index (κ3) is 4.46. The maximum Gasteiger partial charge on any atom is 0.183 e. The molecule has 154 valence electrons. The number of fused-ring (bicyclic) bond motifs is 1. The molecule has 0 bridgehead atoms. The molecule has 0 spiro atoms. The maximum absolute atomic E-state index is 12.7. The molecule has 30 heavy (non-hydrogen) atoms. The van der Waals surface area contributed by atoms with E-state index in [-0.39, 0.29) is 25.4 Å². The number of hydrogen-bond acceptors (Lipinski definition) is 8. The highest BCUT2D eigenvalue weighted by Gasteiger charge is 2.25. The van der Waals surface area contributed by atoms with Gasteiger partial charge >= 0.3 is 0 Å².